The molecular weight excluding hydrogens is 232 g/mol. The second kappa shape index (κ2) is 5.44. The zero-order valence-electron chi connectivity index (χ0n) is 10.1. The largest absolute Gasteiger partial charge is 0.465 e. The number of benzene rings is 1. The molecule has 0 bridgehead atoms. The Morgan fingerprint density at radius 1 is 1.39 bits per heavy atom. The maximum absolute atomic E-state index is 11.7. The molecule has 5 nitrogen and oxygen atoms in total. The number of carbonyl (C=O) groups excluding carboxylic acids is 2. The summed E-state index contributed by atoms with van der Waals surface area (Å²) in [4.78, 5) is 23.0. The van der Waals surface area contributed by atoms with Gasteiger partial charge in [0.05, 0.1) is 18.7 Å². The van der Waals surface area contributed by atoms with Crippen molar-refractivity contribution in [1.82, 2.24) is 5.01 Å². The van der Waals surface area contributed by atoms with Gasteiger partial charge >= 0.3 is 5.97 Å². The van der Waals surface area contributed by atoms with Gasteiger partial charge in [-0.25, -0.2) is 5.01 Å². The Labute approximate surface area is 105 Å². The molecule has 0 saturated carbocycles. The Morgan fingerprint density at radius 3 is 2.78 bits per heavy atom. The fraction of sp³-hybridized carbons (Fsp3) is 0.308. The Morgan fingerprint density at radius 2 is 2.11 bits per heavy atom. The van der Waals surface area contributed by atoms with E-state index in [1.54, 1.807) is 6.92 Å². The van der Waals surface area contributed by atoms with Gasteiger partial charge in [0, 0.05) is 0 Å². The maximum Gasteiger partial charge on any atom is 0.327 e. The van der Waals surface area contributed by atoms with E-state index < -0.39 is 5.97 Å². The average molecular weight is 246 g/mol. The van der Waals surface area contributed by atoms with E-state index in [1.807, 2.05) is 30.3 Å². The first-order chi connectivity index (χ1) is 8.70. The molecule has 0 aromatic heterocycles. The first-order valence-corrected chi connectivity index (χ1v) is 5.79. The third-order valence-electron chi connectivity index (χ3n) is 2.54. The number of hydrogen-bond donors (Lipinski definition) is 0. The lowest BCUT2D eigenvalue weighted by Crippen LogP contribution is -2.28. The van der Waals surface area contributed by atoms with E-state index in [0.29, 0.717) is 12.3 Å². The van der Waals surface area contributed by atoms with Gasteiger partial charge in [-0.15, -0.1) is 0 Å². The molecule has 0 atom stereocenters. The lowest BCUT2D eigenvalue weighted by atomic mass is 10.1. The minimum absolute atomic E-state index is 0.122. The summed E-state index contributed by atoms with van der Waals surface area (Å²) in [5, 5.41) is 5.33. The van der Waals surface area contributed by atoms with Gasteiger partial charge in [0.1, 0.15) is 6.54 Å². The molecule has 94 valence electrons. The normalized spacial score (nSPS) is 14.6. The van der Waals surface area contributed by atoms with Crippen molar-refractivity contribution in [2.24, 2.45) is 5.10 Å². The highest BCUT2D eigenvalue weighted by Crippen LogP contribution is 2.14. The van der Waals surface area contributed by atoms with E-state index in [2.05, 4.69) is 5.10 Å². The monoisotopic (exact) mass is 246 g/mol. The van der Waals surface area contributed by atoms with Crippen molar-refractivity contribution in [3.8, 4) is 0 Å². The summed E-state index contributed by atoms with van der Waals surface area (Å²) in [5.74, 6) is -0.620. The van der Waals surface area contributed by atoms with Crippen molar-refractivity contribution in [2.75, 3.05) is 13.2 Å². The summed E-state index contributed by atoms with van der Waals surface area (Å²) in [6.07, 6.45) is 0.226. The molecule has 1 aromatic rings. The molecule has 1 heterocycles. The Hall–Kier alpha value is -2.17. The van der Waals surface area contributed by atoms with Crippen molar-refractivity contribution < 1.29 is 14.3 Å². The quantitative estimate of drug-likeness (QED) is 0.750. The van der Waals surface area contributed by atoms with Gasteiger partial charge in [-0.05, 0) is 12.5 Å². The van der Waals surface area contributed by atoms with Gasteiger partial charge in [0.2, 0.25) is 5.91 Å². The second-order valence-corrected chi connectivity index (χ2v) is 3.85. The highest BCUT2D eigenvalue weighted by molar-refractivity contribution is 6.14. The van der Waals surface area contributed by atoms with Crippen molar-refractivity contribution in [1.29, 1.82) is 0 Å². The fourth-order valence-corrected chi connectivity index (χ4v) is 1.71. The van der Waals surface area contributed by atoms with Crippen molar-refractivity contribution in [3.63, 3.8) is 0 Å². The molecule has 1 aliphatic rings. The van der Waals surface area contributed by atoms with Crippen molar-refractivity contribution in [3.05, 3.63) is 35.9 Å². The first-order valence-electron chi connectivity index (χ1n) is 5.79. The summed E-state index contributed by atoms with van der Waals surface area (Å²) in [5.41, 5.74) is 1.59. The number of esters is 1. The summed E-state index contributed by atoms with van der Waals surface area (Å²) in [6.45, 7) is 1.90. The maximum atomic E-state index is 11.7. The van der Waals surface area contributed by atoms with Gasteiger partial charge < -0.3 is 4.74 Å². The van der Waals surface area contributed by atoms with Gasteiger partial charge in [0.15, 0.2) is 0 Å². The molecule has 0 unspecified atom stereocenters. The highest BCUT2D eigenvalue weighted by atomic mass is 16.5. The second-order valence-electron chi connectivity index (χ2n) is 3.85. The van der Waals surface area contributed by atoms with Crippen LogP contribution in [0.3, 0.4) is 0 Å². The van der Waals surface area contributed by atoms with Gasteiger partial charge in [-0.2, -0.15) is 5.10 Å². The van der Waals surface area contributed by atoms with Crippen molar-refractivity contribution in [2.45, 2.75) is 13.3 Å². The predicted molar refractivity (Wildman–Crippen MR) is 65.9 cm³/mol. The number of hydrazone groups is 1. The van der Waals surface area contributed by atoms with Crippen LogP contribution in [0.4, 0.5) is 0 Å². The molecule has 0 N–H and O–H groups in total. The Balaban J connectivity index is 2.08. The number of rotatable bonds is 4. The molecule has 0 spiro atoms. The van der Waals surface area contributed by atoms with Crippen LogP contribution in [0.2, 0.25) is 0 Å². The number of amides is 1. The number of nitrogens with zero attached hydrogens (tertiary/aromatic N) is 2. The van der Waals surface area contributed by atoms with Crippen LogP contribution in [0.1, 0.15) is 18.9 Å². The summed E-state index contributed by atoms with van der Waals surface area (Å²) in [7, 11) is 0. The molecule has 2 rings (SSSR count). The first kappa shape index (κ1) is 12.3. The minimum atomic E-state index is -0.441. The lowest BCUT2D eigenvalue weighted by molar-refractivity contribution is -0.148. The van der Waals surface area contributed by atoms with Crippen molar-refractivity contribution >= 4 is 17.6 Å². The number of carbonyl (C=O) groups is 2. The highest BCUT2D eigenvalue weighted by Gasteiger charge is 2.26. The van der Waals surface area contributed by atoms with E-state index in [9.17, 15) is 9.59 Å². The summed E-state index contributed by atoms with van der Waals surface area (Å²) in [6, 6.07) is 9.45. The van der Waals surface area contributed by atoms with E-state index in [1.165, 1.54) is 5.01 Å². The SMILES string of the molecule is CCOC(=O)CN1N=C(c2ccccc2)CC1=O. The molecule has 5 heteroatoms. The van der Waals surface area contributed by atoms with Gasteiger partial charge in [-0.3, -0.25) is 9.59 Å². The van der Waals surface area contributed by atoms with E-state index in [0.717, 1.165) is 5.56 Å². The fourth-order valence-electron chi connectivity index (χ4n) is 1.71. The summed E-state index contributed by atoms with van der Waals surface area (Å²) < 4.78 is 4.79. The van der Waals surface area contributed by atoms with Crippen LogP contribution in [0.25, 0.3) is 0 Å². The minimum Gasteiger partial charge on any atom is -0.465 e. The van der Waals surface area contributed by atoms with Crippen LogP contribution in [0, 0.1) is 0 Å². The Bertz CT molecular complexity index is 482. The molecule has 0 saturated heterocycles. The molecule has 1 amide bonds. The average Bonchev–Trinajstić information content (AvgIpc) is 2.72. The number of ether oxygens (including phenoxy) is 1. The molecule has 1 aliphatic heterocycles. The van der Waals surface area contributed by atoms with E-state index in [4.69, 9.17) is 4.74 Å². The molecule has 0 radical (unpaired) electrons. The third-order valence-corrected chi connectivity index (χ3v) is 2.54. The number of hydrogen-bond acceptors (Lipinski definition) is 4. The van der Waals surface area contributed by atoms with E-state index in [-0.39, 0.29) is 18.9 Å². The summed E-state index contributed by atoms with van der Waals surface area (Å²) >= 11 is 0. The molecule has 0 aliphatic carbocycles. The van der Waals surface area contributed by atoms with Crippen LogP contribution in [0.15, 0.2) is 35.4 Å². The standard InChI is InChI=1S/C13H14N2O3/c1-2-18-13(17)9-15-12(16)8-11(14-15)10-6-4-3-5-7-10/h3-7H,2,8-9H2,1H3. The molecular formula is C13H14N2O3. The van der Waals surface area contributed by atoms with Gasteiger partial charge in [0.25, 0.3) is 0 Å². The molecule has 0 fully saturated rings. The van der Waals surface area contributed by atoms with Crippen LogP contribution >= 0.6 is 0 Å². The van der Waals surface area contributed by atoms with Gasteiger partial charge in [-0.1, -0.05) is 30.3 Å². The smallest absolute Gasteiger partial charge is 0.327 e. The zero-order chi connectivity index (χ0) is 13.0. The van der Waals surface area contributed by atoms with Crippen LogP contribution in [-0.4, -0.2) is 35.7 Å². The van der Waals surface area contributed by atoms with Crippen LogP contribution < -0.4 is 0 Å². The molecule has 1 aromatic carbocycles. The zero-order valence-corrected chi connectivity index (χ0v) is 10.1. The lowest BCUT2D eigenvalue weighted by Gasteiger charge is -2.09. The Kier molecular flexibility index (Phi) is 3.72. The van der Waals surface area contributed by atoms with E-state index >= 15 is 0 Å². The van der Waals surface area contributed by atoms with Crippen LogP contribution in [-0.2, 0) is 14.3 Å². The predicted octanol–water partition coefficient (Wildman–Crippen LogP) is 1.19. The molecule has 18 heavy (non-hydrogen) atoms. The topological polar surface area (TPSA) is 59.0 Å². The third kappa shape index (κ3) is 2.74. The van der Waals surface area contributed by atoms with Crippen LogP contribution in [0.5, 0.6) is 0 Å².